The smallest absolute Gasteiger partial charge is 0.258 e. The van der Waals surface area contributed by atoms with Gasteiger partial charge in [-0.3, -0.25) is 4.79 Å². The van der Waals surface area contributed by atoms with Gasteiger partial charge in [0.15, 0.2) is 17.5 Å². The van der Waals surface area contributed by atoms with Gasteiger partial charge in [-0.05, 0) is 24.3 Å². The van der Waals surface area contributed by atoms with Gasteiger partial charge in [-0.1, -0.05) is 12.1 Å². The lowest BCUT2D eigenvalue weighted by Crippen LogP contribution is -2.27. The molecule has 106 valence electrons. The van der Waals surface area contributed by atoms with Gasteiger partial charge >= 0.3 is 0 Å². The van der Waals surface area contributed by atoms with Crippen molar-refractivity contribution in [1.29, 1.82) is 5.26 Å². The molecule has 0 aliphatic rings. The lowest BCUT2D eigenvalue weighted by atomic mass is 10.1. The Labute approximate surface area is 118 Å². The van der Waals surface area contributed by atoms with Crippen LogP contribution in [0.25, 0.3) is 0 Å². The third-order valence-corrected chi connectivity index (χ3v) is 2.92. The van der Waals surface area contributed by atoms with E-state index in [1.807, 2.05) is 6.07 Å². The highest BCUT2D eigenvalue weighted by Crippen LogP contribution is 2.21. The predicted octanol–water partition coefficient (Wildman–Crippen LogP) is 3.25. The van der Waals surface area contributed by atoms with E-state index in [1.54, 1.807) is 12.1 Å². The molecule has 2 aromatic carbocycles. The third kappa shape index (κ3) is 2.72. The van der Waals surface area contributed by atoms with Crippen molar-refractivity contribution in [3.8, 4) is 6.07 Å². The Balaban J connectivity index is 2.43. The van der Waals surface area contributed by atoms with E-state index in [1.165, 1.54) is 19.2 Å². The number of para-hydroxylation sites is 1. The van der Waals surface area contributed by atoms with Crippen LogP contribution >= 0.6 is 0 Å². The lowest BCUT2D eigenvalue weighted by molar-refractivity contribution is 0.0992. The summed E-state index contributed by atoms with van der Waals surface area (Å²) in [5.41, 5.74) is 0.174. The van der Waals surface area contributed by atoms with Gasteiger partial charge in [0.05, 0.1) is 11.3 Å². The second-order valence-electron chi connectivity index (χ2n) is 4.25. The number of halogens is 3. The third-order valence-electron chi connectivity index (χ3n) is 2.92. The molecule has 0 aliphatic heterocycles. The van der Waals surface area contributed by atoms with Gasteiger partial charge in [-0.2, -0.15) is 5.26 Å². The van der Waals surface area contributed by atoms with Gasteiger partial charge in [-0.15, -0.1) is 0 Å². The molecule has 21 heavy (non-hydrogen) atoms. The Hall–Kier alpha value is -2.81. The zero-order chi connectivity index (χ0) is 15.6. The first-order valence-electron chi connectivity index (χ1n) is 5.87. The highest BCUT2D eigenvalue weighted by atomic mass is 19.2. The lowest BCUT2D eigenvalue weighted by Gasteiger charge is -2.18. The molecular weight excluding hydrogens is 281 g/mol. The molecule has 6 heteroatoms. The van der Waals surface area contributed by atoms with E-state index in [4.69, 9.17) is 5.26 Å². The summed E-state index contributed by atoms with van der Waals surface area (Å²) in [6, 6.07) is 9.41. The largest absolute Gasteiger partial charge is 0.310 e. The standard InChI is InChI=1S/C15H9F3N2O/c1-20(13-5-3-2-4-9(13)8-19)15(21)10-6-11(16)14(18)12(17)7-10/h2-7H,1H3. The molecule has 0 saturated heterocycles. The molecule has 3 nitrogen and oxygen atoms in total. The zero-order valence-corrected chi connectivity index (χ0v) is 10.9. The summed E-state index contributed by atoms with van der Waals surface area (Å²) < 4.78 is 39.2. The molecule has 0 radical (unpaired) electrons. The van der Waals surface area contributed by atoms with E-state index >= 15 is 0 Å². The van der Waals surface area contributed by atoms with Crippen molar-refractivity contribution in [3.63, 3.8) is 0 Å². The molecule has 0 saturated carbocycles. The topological polar surface area (TPSA) is 44.1 Å². The molecule has 1 amide bonds. The van der Waals surface area contributed by atoms with E-state index in [2.05, 4.69) is 0 Å². The average molecular weight is 290 g/mol. The van der Waals surface area contributed by atoms with Gasteiger partial charge < -0.3 is 4.90 Å². The molecule has 0 atom stereocenters. The Morgan fingerprint density at radius 3 is 2.29 bits per heavy atom. The number of benzene rings is 2. The number of rotatable bonds is 2. The molecule has 0 unspecified atom stereocenters. The molecule has 2 aromatic rings. The Kier molecular flexibility index (Phi) is 3.94. The molecular formula is C15H9F3N2O. The van der Waals surface area contributed by atoms with Crippen LogP contribution in [0.3, 0.4) is 0 Å². The summed E-state index contributed by atoms with van der Waals surface area (Å²) >= 11 is 0. The SMILES string of the molecule is CN(C(=O)c1cc(F)c(F)c(F)c1)c1ccccc1C#N. The fourth-order valence-electron chi connectivity index (χ4n) is 1.84. The van der Waals surface area contributed by atoms with E-state index in [-0.39, 0.29) is 16.8 Å². The van der Waals surface area contributed by atoms with Crippen molar-refractivity contribution in [2.45, 2.75) is 0 Å². The Morgan fingerprint density at radius 2 is 1.71 bits per heavy atom. The first-order chi connectivity index (χ1) is 9.95. The van der Waals surface area contributed by atoms with Gasteiger partial charge in [0.1, 0.15) is 6.07 Å². The van der Waals surface area contributed by atoms with E-state index in [0.29, 0.717) is 12.1 Å². The van der Waals surface area contributed by atoms with Crippen LogP contribution in [0.2, 0.25) is 0 Å². The summed E-state index contributed by atoms with van der Waals surface area (Å²) in [6.07, 6.45) is 0. The number of anilines is 1. The molecule has 2 rings (SSSR count). The van der Waals surface area contributed by atoms with E-state index in [0.717, 1.165) is 4.90 Å². The fourth-order valence-corrected chi connectivity index (χ4v) is 1.84. The number of nitriles is 1. The zero-order valence-electron chi connectivity index (χ0n) is 10.9. The molecule has 0 bridgehead atoms. The highest BCUT2D eigenvalue weighted by molar-refractivity contribution is 6.06. The number of carbonyl (C=O) groups excluding carboxylic acids is 1. The van der Waals surface area contributed by atoms with Crippen LogP contribution in [0.15, 0.2) is 36.4 Å². The minimum absolute atomic E-state index is 0.233. The molecule has 0 N–H and O–H groups in total. The van der Waals surface area contributed by atoms with Crippen LogP contribution in [0, 0.1) is 28.8 Å². The van der Waals surface area contributed by atoms with Crippen molar-refractivity contribution in [1.82, 2.24) is 0 Å². The molecule has 0 aliphatic carbocycles. The van der Waals surface area contributed by atoms with Crippen molar-refractivity contribution >= 4 is 11.6 Å². The van der Waals surface area contributed by atoms with E-state index in [9.17, 15) is 18.0 Å². The van der Waals surface area contributed by atoms with Gasteiger partial charge in [0.2, 0.25) is 0 Å². The second-order valence-corrected chi connectivity index (χ2v) is 4.25. The number of hydrogen-bond donors (Lipinski definition) is 0. The molecule has 0 fully saturated rings. The summed E-state index contributed by atoms with van der Waals surface area (Å²) in [7, 11) is 1.36. The van der Waals surface area contributed by atoms with Crippen molar-refractivity contribution in [2.75, 3.05) is 11.9 Å². The van der Waals surface area contributed by atoms with Crippen LogP contribution in [-0.2, 0) is 0 Å². The number of amides is 1. The van der Waals surface area contributed by atoms with Gasteiger partial charge in [0, 0.05) is 12.6 Å². The molecule has 0 aromatic heterocycles. The number of nitrogens with zero attached hydrogens (tertiary/aromatic N) is 2. The van der Waals surface area contributed by atoms with Crippen LogP contribution in [0.4, 0.5) is 18.9 Å². The highest BCUT2D eigenvalue weighted by Gasteiger charge is 2.20. The monoisotopic (exact) mass is 290 g/mol. The second kappa shape index (κ2) is 5.67. The van der Waals surface area contributed by atoms with E-state index < -0.39 is 23.4 Å². The summed E-state index contributed by atoms with van der Waals surface area (Å²) in [6.45, 7) is 0. The maximum Gasteiger partial charge on any atom is 0.258 e. The first-order valence-corrected chi connectivity index (χ1v) is 5.87. The summed E-state index contributed by atoms with van der Waals surface area (Å²) in [5, 5.41) is 8.99. The quantitative estimate of drug-likeness (QED) is 0.797. The average Bonchev–Trinajstić information content (AvgIpc) is 2.50. The number of hydrogen-bond acceptors (Lipinski definition) is 2. The van der Waals surface area contributed by atoms with Crippen LogP contribution < -0.4 is 4.90 Å². The van der Waals surface area contributed by atoms with Crippen LogP contribution in [-0.4, -0.2) is 13.0 Å². The van der Waals surface area contributed by atoms with Crippen molar-refractivity contribution < 1.29 is 18.0 Å². The summed E-state index contributed by atoms with van der Waals surface area (Å²) in [4.78, 5) is 13.3. The summed E-state index contributed by atoms with van der Waals surface area (Å²) in [5.74, 6) is -5.28. The van der Waals surface area contributed by atoms with Gasteiger partial charge in [-0.25, -0.2) is 13.2 Å². The van der Waals surface area contributed by atoms with Gasteiger partial charge in [0.25, 0.3) is 5.91 Å². The van der Waals surface area contributed by atoms with Crippen molar-refractivity contribution in [3.05, 3.63) is 65.0 Å². The van der Waals surface area contributed by atoms with Crippen molar-refractivity contribution in [2.24, 2.45) is 0 Å². The minimum Gasteiger partial charge on any atom is -0.310 e. The molecule has 0 spiro atoms. The first kappa shape index (κ1) is 14.6. The predicted molar refractivity (Wildman–Crippen MR) is 70.2 cm³/mol. The normalized spacial score (nSPS) is 10.0. The maximum atomic E-state index is 13.2. The van der Waals surface area contributed by atoms with Crippen LogP contribution in [0.5, 0.6) is 0 Å². The Bertz CT molecular complexity index is 730. The molecule has 0 heterocycles. The maximum absolute atomic E-state index is 13.2. The number of carbonyl (C=O) groups is 1. The minimum atomic E-state index is -1.63. The van der Waals surface area contributed by atoms with Crippen LogP contribution in [0.1, 0.15) is 15.9 Å². The fraction of sp³-hybridized carbons (Fsp3) is 0.0667. The Morgan fingerprint density at radius 1 is 1.14 bits per heavy atom.